The van der Waals surface area contributed by atoms with Crippen molar-refractivity contribution in [3.8, 4) is 0 Å². The highest BCUT2D eigenvalue weighted by molar-refractivity contribution is 5.80. The van der Waals surface area contributed by atoms with E-state index in [0.717, 1.165) is 31.6 Å². The summed E-state index contributed by atoms with van der Waals surface area (Å²) in [6, 6.07) is 8.79. The van der Waals surface area contributed by atoms with Gasteiger partial charge in [0.05, 0.1) is 6.26 Å². The molecule has 1 aliphatic rings. The first-order valence-electron chi connectivity index (χ1n) is 6.20. The molecule has 0 bridgehead atoms. The number of benzene rings is 1. The molecule has 0 saturated carbocycles. The van der Waals surface area contributed by atoms with E-state index < -0.39 is 0 Å². The van der Waals surface area contributed by atoms with Crippen LogP contribution >= 0.6 is 0 Å². The maximum absolute atomic E-state index is 5.58. The van der Waals surface area contributed by atoms with Crippen LogP contribution in [0.4, 0.5) is 0 Å². The third kappa shape index (κ3) is 2.21. The third-order valence-corrected chi connectivity index (χ3v) is 3.49. The fourth-order valence-electron chi connectivity index (χ4n) is 2.58. The lowest BCUT2D eigenvalue weighted by Gasteiger charge is -2.30. The average molecular weight is 230 g/mol. The first-order chi connectivity index (χ1) is 8.33. The van der Waals surface area contributed by atoms with Crippen LogP contribution in [0.3, 0.4) is 0 Å². The van der Waals surface area contributed by atoms with Crippen molar-refractivity contribution in [2.45, 2.75) is 12.5 Å². The SMILES string of the molecule is CN1CCNC(Cc2coc3ccccc23)C1. The number of para-hydroxylation sites is 1. The minimum Gasteiger partial charge on any atom is -0.464 e. The van der Waals surface area contributed by atoms with E-state index in [2.05, 4.69) is 29.4 Å². The molecule has 1 aliphatic heterocycles. The maximum Gasteiger partial charge on any atom is 0.134 e. The van der Waals surface area contributed by atoms with Crippen molar-refractivity contribution < 1.29 is 4.42 Å². The molecule has 2 heterocycles. The van der Waals surface area contributed by atoms with Crippen LogP contribution < -0.4 is 5.32 Å². The summed E-state index contributed by atoms with van der Waals surface area (Å²) in [5.74, 6) is 0. The lowest BCUT2D eigenvalue weighted by Crippen LogP contribution is -2.49. The molecule has 1 aromatic heterocycles. The number of likely N-dealkylation sites (N-methyl/N-ethyl adjacent to an activating group) is 1. The van der Waals surface area contributed by atoms with E-state index in [-0.39, 0.29) is 0 Å². The maximum atomic E-state index is 5.58. The Bertz CT molecular complexity index is 506. The molecule has 0 aliphatic carbocycles. The Morgan fingerprint density at radius 2 is 2.29 bits per heavy atom. The lowest BCUT2D eigenvalue weighted by molar-refractivity contribution is 0.238. The highest BCUT2D eigenvalue weighted by atomic mass is 16.3. The summed E-state index contributed by atoms with van der Waals surface area (Å²) in [5.41, 5.74) is 2.31. The van der Waals surface area contributed by atoms with Crippen molar-refractivity contribution >= 4 is 11.0 Å². The van der Waals surface area contributed by atoms with Crippen LogP contribution in [0.5, 0.6) is 0 Å². The molecule has 1 unspecified atom stereocenters. The third-order valence-electron chi connectivity index (χ3n) is 3.49. The van der Waals surface area contributed by atoms with E-state index >= 15 is 0 Å². The van der Waals surface area contributed by atoms with Gasteiger partial charge >= 0.3 is 0 Å². The summed E-state index contributed by atoms with van der Waals surface area (Å²) in [7, 11) is 2.18. The Hall–Kier alpha value is -1.32. The van der Waals surface area contributed by atoms with Gasteiger partial charge in [0.25, 0.3) is 0 Å². The number of nitrogens with one attached hydrogen (secondary N) is 1. The van der Waals surface area contributed by atoms with Gasteiger partial charge in [0.15, 0.2) is 0 Å². The molecule has 1 saturated heterocycles. The topological polar surface area (TPSA) is 28.4 Å². The van der Waals surface area contributed by atoms with Crippen LogP contribution in [0.15, 0.2) is 34.9 Å². The first kappa shape index (κ1) is 10.8. The van der Waals surface area contributed by atoms with Crippen LogP contribution in [0, 0.1) is 0 Å². The fraction of sp³-hybridized carbons (Fsp3) is 0.429. The Morgan fingerprint density at radius 1 is 1.41 bits per heavy atom. The van der Waals surface area contributed by atoms with E-state index in [0.29, 0.717) is 6.04 Å². The van der Waals surface area contributed by atoms with Crippen LogP contribution in [0.25, 0.3) is 11.0 Å². The Morgan fingerprint density at radius 3 is 3.18 bits per heavy atom. The van der Waals surface area contributed by atoms with Crippen molar-refractivity contribution in [1.29, 1.82) is 0 Å². The van der Waals surface area contributed by atoms with Gasteiger partial charge in [-0.25, -0.2) is 0 Å². The molecule has 1 fully saturated rings. The second-order valence-electron chi connectivity index (χ2n) is 4.87. The zero-order chi connectivity index (χ0) is 11.7. The molecule has 90 valence electrons. The van der Waals surface area contributed by atoms with Crippen molar-refractivity contribution in [2.75, 3.05) is 26.7 Å². The Kier molecular flexibility index (Phi) is 2.87. The number of fused-ring (bicyclic) bond motifs is 1. The van der Waals surface area contributed by atoms with Crippen molar-refractivity contribution in [1.82, 2.24) is 10.2 Å². The molecule has 3 heteroatoms. The number of hydrogen-bond acceptors (Lipinski definition) is 3. The Balaban J connectivity index is 1.80. The fourth-order valence-corrected chi connectivity index (χ4v) is 2.58. The molecule has 1 N–H and O–H groups in total. The molecule has 2 aromatic rings. The van der Waals surface area contributed by atoms with Crippen LogP contribution in [-0.2, 0) is 6.42 Å². The van der Waals surface area contributed by atoms with Gasteiger partial charge in [0.2, 0.25) is 0 Å². The van der Waals surface area contributed by atoms with Gasteiger partial charge in [-0.2, -0.15) is 0 Å². The molecule has 3 nitrogen and oxygen atoms in total. The van der Waals surface area contributed by atoms with Gasteiger partial charge in [-0.15, -0.1) is 0 Å². The van der Waals surface area contributed by atoms with Crippen molar-refractivity contribution in [2.24, 2.45) is 0 Å². The second kappa shape index (κ2) is 4.51. The minimum absolute atomic E-state index is 0.537. The Labute approximate surface area is 101 Å². The molecular formula is C14H18N2O. The van der Waals surface area contributed by atoms with E-state index in [1.165, 1.54) is 10.9 Å². The summed E-state index contributed by atoms with van der Waals surface area (Å²) < 4.78 is 5.58. The van der Waals surface area contributed by atoms with E-state index in [4.69, 9.17) is 4.42 Å². The van der Waals surface area contributed by atoms with Crippen molar-refractivity contribution in [3.63, 3.8) is 0 Å². The van der Waals surface area contributed by atoms with Gasteiger partial charge in [-0.3, -0.25) is 0 Å². The summed E-state index contributed by atoms with van der Waals surface area (Å²) >= 11 is 0. The molecule has 17 heavy (non-hydrogen) atoms. The standard InChI is InChI=1S/C14H18N2O/c1-16-7-6-15-12(9-16)8-11-10-17-14-5-3-2-4-13(11)14/h2-5,10,12,15H,6-9H2,1H3. The lowest BCUT2D eigenvalue weighted by atomic mass is 10.0. The predicted octanol–water partition coefficient (Wildman–Crippen LogP) is 1.88. The summed E-state index contributed by atoms with van der Waals surface area (Å²) in [6.07, 6.45) is 2.95. The molecule has 1 atom stereocenters. The smallest absolute Gasteiger partial charge is 0.134 e. The molecule has 0 radical (unpaired) electrons. The summed E-state index contributed by atoms with van der Waals surface area (Å²) in [4.78, 5) is 2.38. The number of nitrogens with zero attached hydrogens (tertiary/aromatic N) is 1. The van der Waals surface area contributed by atoms with Crippen LogP contribution in [0.2, 0.25) is 0 Å². The summed E-state index contributed by atoms with van der Waals surface area (Å²) in [5, 5.41) is 4.82. The monoisotopic (exact) mass is 230 g/mol. The molecule has 0 spiro atoms. The second-order valence-corrected chi connectivity index (χ2v) is 4.87. The number of piperazine rings is 1. The average Bonchev–Trinajstić information content (AvgIpc) is 2.73. The number of rotatable bonds is 2. The van der Waals surface area contributed by atoms with Crippen molar-refractivity contribution in [3.05, 3.63) is 36.1 Å². The van der Waals surface area contributed by atoms with Crippen LogP contribution in [0.1, 0.15) is 5.56 Å². The molecular weight excluding hydrogens is 212 g/mol. The molecule has 3 rings (SSSR count). The zero-order valence-electron chi connectivity index (χ0n) is 10.1. The van der Waals surface area contributed by atoms with Gasteiger partial charge in [0.1, 0.15) is 5.58 Å². The van der Waals surface area contributed by atoms with Gasteiger partial charge in [-0.1, -0.05) is 18.2 Å². The minimum atomic E-state index is 0.537. The summed E-state index contributed by atoms with van der Waals surface area (Å²) in [6.45, 7) is 3.33. The largest absolute Gasteiger partial charge is 0.464 e. The number of furan rings is 1. The number of hydrogen-bond donors (Lipinski definition) is 1. The highest BCUT2D eigenvalue weighted by Gasteiger charge is 2.18. The molecule has 0 amide bonds. The van der Waals surface area contributed by atoms with E-state index in [9.17, 15) is 0 Å². The highest BCUT2D eigenvalue weighted by Crippen LogP contribution is 2.22. The normalized spacial score (nSPS) is 22.1. The van der Waals surface area contributed by atoms with Crippen LogP contribution in [-0.4, -0.2) is 37.6 Å². The zero-order valence-corrected chi connectivity index (χ0v) is 10.1. The predicted molar refractivity (Wildman–Crippen MR) is 69.2 cm³/mol. The van der Waals surface area contributed by atoms with Gasteiger partial charge < -0.3 is 14.6 Å². The first-order valence-corrected chi connectivity index (χ1v) is 6.20. The van der Waals surface area contributed by atoms with E-state index in [1.807, 2.05) is 18.4 Å². The quantitative estimate of drug-likeness (QED) is 0.854. The van der Waals surface area contributed by atoms with Gasteiger partial charge in [0, 0.05) is 31.1 Å². The van der Waals surface area contributed by atoms with Gasteiger partial charge in [-0.05, 0) is 25.1 Å². The van der Waals surface area contributed by atoms with E-state index in [1.54, 1.807) is 0 Å². The molecule has 1 aromatic carbocycles.